The van der Waals surface area contributed by atoms with E-state index < -0.39 is 0 Å². The van der Waals surface area contributed by atoms with E-state index in [0.717, 1.165) is 31.9 Å². The van der Waals surface area contributed by atoms with E-state index in [0.29, 0.717) is 31.4 Å². The molecule has 1 fully saturated rings. The molecule has 0 unspecified atom stereocenters. The lowest BCUT2D eigenvalue weighted by Crippen LogP contribution is -2.42. The standard InChI is InChI=1S/C17H24N6O3/c1-3-22(11-15-20-14(12-25-2)21-26-15)16(24)13-5-9-23(10-6-13)17-18-7-4-8-19-17/h4,7-8,13H,3,5-6,9-12H2,1-2H3. The number of hydrogen-bond acceptors (Lipinski definition) is 8. The van der Waals surface area contributed by atoms with E-state index >= 15 is 0 Å². The van der Waals surface area contributed by atoms with Crippen LogP contribution in [0.2, 0.25) is 0 Å². The smallest absolute Gasteiger partial charge is 0.246 e. The Kier molecular flexibility index (Phi) is 6.11. The summed E-state index contributed by atoms with van der Waals surface area (Å²) in [7, 11) is 1.57. The fourth-order valence-electron chi connectivity index (χ4n) is 3.09. The lowest BCUT2D eigenvalue weighted by Gasteiger charge is -2.33. The minimum Gasteiger partial charge on any atom is -0.377 e. The number of hydrogen-bond donors (Lipinski definition) is 0. The first-order valence-corrected chi connectivity index (χ1v) is 8.82. The molecular weight excluding hydrogens is 336 g/mol. The quantitative estimate of drug-likeness (QED) is 0.728. The minimum atomic E-state index is -0.00345. The number of amides is 1. The fourth-order valence-corrected chi connectivity index (χ4v) is 3.09. The Morgan fingerprint density at radius 2 is 2.08 bits per heavy atom. The summed E-state index contributed by atoms with van der Waals surface area (Å²) < 4.78 is 10.2. The number of carbonyl (C=O) groups excluding carboxylic acids is 1. The molecule has 3 heterocycles. The molecule has 26 heavy (non-hydrogen) atoms. The normalized spacial score (nSPS) is 15.2. The highest BCUT2D eigenvalue weighted by atomic mass is 16.5. The third kappa shape index (κ3) is 4.34. The topological polar surface area (TPSA) is 97.5 Å². The van der Waals surface area contributed by atoms with Gasteiger partial charge in [0.2, 0.25) is 17.7 Å². The summed E-state index contributed by atoms with van der Waals surface area (Å²) in [5.74, 6) is 1.77. The second-order valence-electron chi connectivity index (χ2n) is 6.20. The van der Waals surface area contributed by atoms with Crippen molar-refractivity contribution in [1.29, 1.82) is 0 Å². The van der Waals surface area contributed by atoms with Crippen LogP contribution in [0.1, 0.15) is 31.5 Å². The number of rotatable bonds is 7. The molecule has 0 atom stereocenters. The lowest BCUT2D eigenvalue weighted by molar-refractivity contribution is -0.137. The molecule has 0 bridgehead atoms. The zero-order chi connectivity index (χ0) is 18.4. The van der Waals surface area contributed by atoms with Gasteiger partial charge in [-0.1, -0.05) is 5.16 Å². The average molecular weight is 360 g/mol. The van der Waals surface area contributed by atoms with Gasteiger partial charge in [0, 0.05) is 45.1 Å². The first-order chi connectivity index (χ1) is 12.7. The molecule has 3 rings (SSSR count). The zero-order valence-electron chi connectivity index (χ0n) is 15.2. The number of aromatic nitrogens is 4. The SMILES string of the molecule is CCN(Cc1nc(COC)no1)C(=O)C1CCN(c2ncccn2)CC1. The van der Waals surface area contributed by atoms with Crippen molar-refractivity contribution in [2.45, 2.75) is 32.9 Å². The van der Waals surface area contributed by atoms with Gasteiger partial charge in [-0.3, -0.25) is 4.79 Å². The number of ether oxygens (including phenoxy) is 1. The van der Waals surface area contributed by atoms with E-state index in [1.807, 2.05) is 6.92 Å². The number of methoxy groups -OCH3 is 1. The predicted molar refractivity (Wildman–Crippen MR) is 93.1 cm³/mol. The monoisotopic (exact) mass is 360 g/mol. The molecule has 0 aromatic carbocycles. The van der Waals surface area contributed by atoms with Gasteiger partial charge in [-0.15, -0.1) is 0 Å². The maximum atomic E-state index is 12.9. The van der Waals surface area contributed by atoms with Gasteiger partial charge in [0.1, 0.15) is 6.61 Å². The molecule has 1 amide bonds. The maximum Gasteiger partial charge on any atom is 0.246 e. The molecule has 2 aromatic heterocycles. The molecule has 0 aliphatic carbocycles. The Morgan fingerprint density at radius 3 is 2.73 bits per heavy atom. The summed E-state index contributed by atoms with van der Waals surface area (Å²) in [6, 6.07) is 1.80. The van der Waals surface area contributed by atoms with Crippen LogP contribution in [0.5, 0.6) is 0 Å². The van der Waals surface area contributed by atoms with E-state index in [9.17, 15) is 4.79 Å². The van der Waals surface area contributed by atoms with Gasteiger partial charge in [0.05, 0.1) is 6.54 Å². The van der Waals surface area contributed by atoms with Gasteiger partial charge >= 0.3 is 0 Å². The molecule has 140 valence electrons. The molecule has 1 saturated heterocycles. The van der Waals surface area contributed by atoms with Crippen molar-refractivity contribution in [1.82, 2.24) is 25.0 Å². The van der Waals surface area contributed by atoms with E-state index in [2.05, 4.69) is 25.0 Å². The Hall–Kier alpha value is -2.55. The third-order valence-electron chi connectivity index (χ3n) is 4.48. The second-order valence-corrected chi connectivity index (χ2v) is 6.20. The number of anilines is 1. The molecule has 9 nitrogen and oxygen atoms in total. The number of nitrogens with zero attached hydrogens (tertiary/aromatic N) is 6. The molecule has 0 saturated carbocycles. The van der Waals surface area contributed by atoms with Crippen molar-refractivity contribution in [2.24, 2.45) is 5.92 Å². The van der Waals surface area contributed by atoms with Crippen LogP contribution in [0.25, 0.3) is 0 Å². The summed E-state index contributed by atoms with van der Waals surface area (Å²) in [6.45, 7) is 4.73. The Morgan fingerprint density at radius 1 is 1.35 bits per heavy atom. The lowest BCUT2D eigenvalue weighted by atomic mass is 9.95. The summed E-state index contributed by atoms with van der Waals surface area (Å²) in [5.41, 5.74) is 0. The highest BCUT2D eigenvalue weighted by Crippen LogP contribution is 2.22. The van der Waals surface area contributed by atoms with Crippen LogP contribution in [0.3, 0.4) is 0 Å². The Balaban J connectivity index is 1.55. The van der Waals surface area contributed by atoms with Gasteiger partial charge in [0.15, 0.2) is 5.82 Å². The highest BCUT2D eigenvalue weighted by molar-refractivity contribution is 5.79. The van der Waals surface area contributed by atoms with Crippen LogP contribution < -0.4 is 4.90 Å². The van der Waals surface area contributed by atoms with Crippen LogP contribution >= 0.6 is 0 Å². The molecule has 1 aliphatic rings. The highest BCUT2D eigenvalue weighted by Gasteiger charge is 2.29. The van der Waals surface area contributed by atoms with Gasteiger partial charge in [-0.05, 0) is 25.8 Å². The van der Waals surface area contributed by atoms with Crippen LogP contribution in [0.15, 0.2) is 23.0 Å². The molecule has 0 spiro atoms. The molecule has 1 aliphatic heterocycles. The average Bonchev–Trinajstić information content (AvgIpc) is 3.14. The maximum absolute atomic E-state index is 12.9. The minimum absolute atomic E-state index is 0.00345. The van der Waals surface area contributed by atoms with E-state index in [4.69, 9.17) is 9.26 Å². The van der Waals surface area contributed by atoms with Crippen molar-refractivity contribution >= 4 is 11.9 Å². The summed E-state index contributed by atoms with van der Waals surface area (Å²) in [5, 5.41) is 3.84. The van der Waals surface area contributed by atoms with Gasteiger partial charge in [-0.2, -0.15) is 4.98 Å². The molecule has 9 heteroatoms. The predicted octanol–water partition coefficient (Wildman–Crippen LogP) is 1.27. The van der Waals surface area contributed by atoms with Crippen LogP contribution in [-0.2, 0) is 22.7 Å². The zero-order valence-corrected chi connectivity index (χ0v) is 15.2. The van der Waals surface area contributed by atoms with Crippen molar-refractivity contribution in [3.8, 4) is 0 Å². The fraction of sp³-hybridized carbons (Fsp3) is 0.588. The first-order valence-electron chi connectivity index (χ1n) is 8.82. The van der Waals surface area contributed by atoms with Crippen molar-refractivity contribution in [3.05, 3.63) is 30.2 Å². The Bertz CT molecular complexity index is 700. The molecule has 0 radical (unpaired) electrons. The summed E-state index contributed by atoms with van der Waals surface area (Å²) in [4.78, 5) is 29.6. The van der Waals surface area contributed by atoms with Gasteiger partial charge in [0.25, 0.3) is 0 Å². The molecular formula is C17H24N6O3. The molecule has 2 aromatic rings. The Labute approximate surface area is 152 Å². The summed E-state index contributed by atoms with van der Waals surface area (Å²) >= 11 is 0. The van der Waals surface area contributed by atoms with Gasteiger partial charge < -0.3 is 19.1 Å². The van der Waals surface area contributed by atoms with Crippen LogP contribution in [0.4, 0.5) is 5.95 Å². The van der Waals surface area contributed by atoms with E-state index in [1.165, 1.54) is 0 Å². The van der Waals surface area contributed by atoms with Crippen molar-refractivity contribution in [3.63, 3.8) is 0 Å². The van der Waals surface area contributed by atoms with E-state index in [1.54, 1.807) is 30.5 Å². The van der Waals surface area contributed by atoms with Crippen LogP contribution in [0, 0.1) is 5.92 Å². The largest absolute Gasteiger partial charge is 0.377 e. The van der Waals surface area contributed by atoms with Crippen molar-refractivity contribution < 1.29 is 14.1 Å². The van der Waals surface area contributed by atoms with Crippen molar-refractivity contribution in [2.75, 3.05) is 31.6 Å². The first kappa shape index (κ1) is 18.2. The third-order valence-corrected chi connectivity index (χ3v) is 4.48. The van der Waals surface area contributed by atoms with Crippen LogP contribution in [-0.4, -0.2) is 57.7 Å². The van der Waals surface area contributed by atoms with E-state index in [-0.39, 0.29) is 11.8 Å². The van der Waals surface area contributed by atoms with Gasteiger partial charge in [-0.25, -0.2) is 9.97 Å². The second kappa shape index (κ2) is 8.70. The summed E-state index contributed by atoms with van der Waals surface area (Å²) in [6.07, 6.45) is 5.04. The molecule has 0 N–H and O–H groups in total. The number of carbonyl (C=O) groups is 1. The number of piperidine rings is 1.